The third-order valence-corrected chi connectivity index (χ3v) is 5.27. The Morgan fingerprint density at radius 2 is 1.79 bits per heavy atom. The number of carbonyl (C=O) groups is 2. The fourth-order valence-corrected chi connectivity index (χ4v) is 3.45. The molecule has 2 heterocycles. The lowest BCUT2D eigenvalue weighted by atomic mass is 10.0. The first-order chi connectivity index (χ1) is 15.9. The summed E-state index contributed by atoms with van der Waals surface area (Å²) in [7, 11) is 0. The zero-order chi connectivity index (χ0) is 23.4. The van der Waals surface area contributed by atoms with E-state index in [1.165, 1.54) is 10.6 Å². The summed E-state index contributed by atoms with van der Waals surface area (Å²) >= 11 is 0. The molecule has 0 aliphatic heterocycles. The molecule has 0 radical (unpaired) electrons. The third-order valence-electron chi connectivity index (χ3n) is 5.27. The van der Waals surface area contributed by atoms with Crippen molar-refractivity contribution < 1.29 is 9.59 Å². The Hall–Kier alpha value is -4.20. The molecule has 33 heavy (non-hydrogen) atoms. The van der Waals surface area contributed by atoms with Gasteiger partial charge in [0.05, 0.1) is 5.56 Å². The van der Waals surface area contributed by atoms with Crippen molar-refractivity contribution in [2.75, 3.05) is 5.32 Å². The average Bonchev–Trinajstić information content (AvgIpc) is 3.12. The molecule has 2 N–H and O–H groups in total. The van der Waals surface area contributed by atoms with Gasteiger partial charge in [-0.15, -0.1) is 5.10 Å². The van der Waals surface area contributed by atoms with Gasteiger partial charge in [0.1, 0.15) is 6.54 Å². The Morgan fingerprint density at radius 3 is 2.55 bits per heavy atom. The van der Waals surface area contributed by atoms with Gasteiger partial charge in [-0.2, -0.15) is 0 Å². The number of hydrogen-bond acceptors (Lipinski definition) is 4. The molecule has 2 aromatic heterocycles. The average molecular weight is 444 g/mol. The molecular formula is C25H25N5O3. The quantitative estimate of drug-likeness (QED) is 0.458. The van der Waals surface area contributed by atoms with Gasteiger partial charge in [-0.05, 0) is 41.3 Å². The molecule has 8 heteroatoms. The number of hydrogen-bond donors (Lipinski definition) is 2. The highest BCUT2D eigenvalue weighted by molar-refractivity contribution is 5.94. The van der Waals surface area contributed by atoms with Gasteiger partial charge in [-0.1, -0.05) is 56.3 Å². The first kappa shape index (κ1) is 22.0. The molecule has 2 aromatic carbocycles. The first-order valence-electron chi connectivity index (χ1n) is 10.7. The van der Waals surface area contributed by atoms with Crippen LogP contribution in [0.4, 0.5) is 5.69 Å². The van der Waals surface area contributed by atoms with Crippen molar-refractivity contribution >= 4 is 23.1 Å². The molecule has 0 unspecified atom stereocenters. The van der Waals surface area contributed by atoms with Gasteiger partial charge in [0.2, 0.25) is 5.91 Å². The summed E-state index contributed by atoms with van der Waals surface area (Å²) in [6, 6.07) is 20.3. The summed E-state index contributed by atoms with van der Waals surface area (Å²) < 4.78 is 2.35. The molecule has 168 valence electrons. The van der Waals surface area contributed by atoms with E-state index < -0.39 is 5.69 Å². The minimum Gasteiger partial charge on any atom is -0.348 e. The largest absolute Gasteiger partial charge is 0.350 e. The second kappa shape index (κ2) is 9.52. The van der Waals surface area contributed by atoms with Gasteiger partial charge in [0, 0.05) is 18.4 Å². The van der Waals surface area contributed by atoms with Gasteiger partial charge in [0.25, 0.3) is 5.91 Å². The fourth-order valence-electron chi connectivity index (χ4n) is 3.45. The van der Waals surface area contributed by atoms with Gasteiger partial charge in [0.15, 0.2) is 5.65 Å². The van der Waals surface area contributed by atoms with Crippen molar-refractivity contribution in [1.82, 2.24) is 19.5 Å². The summed E-state index contributed by atoms with van der Waals surface area (Å²) in [4.78, 5) is 37.8. The highest BCUT2D eigenvalue weighted by Gasteiger charge is 2.14. The summed E-state index contributed by atoms with van der Waals surface area (Å²) in [6.07, 6.45) is 1.44. The number of aromatic nitrogens is 3. The van der Waals surface area contributed by atoms with Crippen molar-refractivity contribution in [2.45, 2.75) is 32.9 Å². The summed E-state index contributed by atoms with van der Waals surface area (Å²) in [5.74, 6) is -0.326. The van der Waals surface area contributed by atoms with Crippen molar-refractivity contribution in [3.8, 4) is 0 Å². The standard InChI is InChI=1S/C25H25N5O3/c1-17(2)19-9-6-10-21(13-19)27-23(31)16-30-25(33)29-15-20(11-12-22(29)28-30)24(32)26-14-18-7-4-3-5-8-18/h3-13,15,17H,14,16H2,1-2H3,(H,26,32)(H,27,31). The van der Waals surface area contributed by atoms with Crippen LogP contribution in [0.3, 0.4) is 0 Å². The molecule has 4 aromatic rings. The lowest BCUT2D eigenvalue weighted by Gasteiger charge is -2.09. The van der Waals surface area contributed by atoms with E-state index >= 15 is 0 Å². The monoisotopic (exact) mass is 443 g/mol. The van der Waals surface area contributed by atoms with Gasteiger partial charge in [-0.25, -0.2) is 13.9 Å². The predicted molar refractivity (Wildman–Crippen MR) is 126 cm³/mol. The van der Waals surface area contributed by atoms with Crippen LogP contribution in [-0.4, -0.2) is 26.0 Å². The SMILES string of the molecule is CC(C)c1cccc(NC(=O)Cn2nc3ccc(C(=O)NCc4ccccc4)cn3c2=O)c1. The maximum absolute atomic E-state index is 12.8. The van der Waals surface area contributed by atoms with Gasteiger partial charge >= 0.3 is 5.69 Å². The second-order valence-electron chi connectivity index (χ2n) is 8.08. The third kappa shape index (κ3) is 5.17. The number of nitrogens with one attached hydrogen (secondary N) is 2. The van der Waals surface area contributed by atoms with Crippen LogP contribution in [-0.2, 0) is 17.9 Å². The second-order valence-corrected chi connectivity index (χ2v) is 8.08. The number of anilines is 1. The number of amides is 2. The molecule has 0 saturated carbocycles. The number of rotatable bonds is 7. The fraction of sp³-hybridized carbons (Fsp3) is 0.200. The zero-order valence-corrected chi connectivity index (χ0v) is 18.5. The Balaban J connectivity index is 1.46. The smallest absolute Gasteiger partial charge is 0.348 e. The van der Waals surface area contributed by atoms with Crippen LogP contribution in [0.25, 0.3) is 5.65 Å². The van der Waals surface area contributed by atoms with Crippen LogP contribution in [0.2, 0.25) is 0 Å². The highest BCUT2D eigenvalue weighted by Crippen LogP contribution is 2.18. The number of fused-ring (bicyclic) bond motifs is 1. The van der Waals surface area contributed by atoms with E-state index in [2.05, 4.69) is 29.6 Å². The van der Waals surface area contributed by atoms with E-state index in [4.69, 9.17) is 0 Å². The number of pyridine rings is 1. The van der Waals surface area contributed by atoms with E-state index in [9.17, 15) is 14.4 Å². The molecule has 0 aliphatic carbocycles. The molecular weight excluding hydrogens is 418 g/mol. The lowest BCUT2D eigenvalue weighted by Crippen LogP contribution is -2.28. The van der Waals surface area contributed by atoms with E-state index in [1.807, 2.05) is 48.5 Å². The zero-order valence-electron chi connectivity index (χ0n) is 18.5. The molecule has 4 rings (SSSR count). The minimum atomic E-state index is -0.492. The van der Waals surface area contributed by atoms with Crippen LogP contribution in [0, 0.1) is 0 Å². The van der Waals surface area contributed by atoms with Crippen LogP contribution >= 0.6 is 0 Å². The van der Waals surface area contributed by atoms with Gasteiger partial charge < -0.3 is 10.6 Å². The van der Waals surface area contributed by atoms with Crippen LogP contribution in [0.15, 0.2) is 77.7 Å². The molecule has 0 bridgehead atoms. The van der Waals surface area contributed by atoms with E-state index in [1.54, 1.807) is 18.2 Å². The number of carbonyl (C=O) groups excluding carboxylic acids is 2. The molecule has 8 nitrogen and oxygen atoms in total. The molecule has 0 aliphatic rings. The van der Waals surface area contributed by atoms with Crippen LogP contribution in [0.1, 0.15) is 41.3 Å². The van der Waals surface area contributed by atoms with Crippen molar-refractivity contribution in [1.29, 1.82) is 0 Å². The summed E-state index contributed by atoms with van der Waals surface area (Å²) in [6.45, 7) is 4.30. The lowest BCUT2D eigenvalue weighted by molar-refractivity contribution is -0.117. The van der Waals surface area contributed by atoms with Crippen molar-refractivity contribution in [3.63, 3.8) is 0 Å². The maximum atomic E-state index is 12.8. The number of benzene rings is 2. The van der Waals surface area contributed by atoms with E-state index in [0.717, 1.165) is 15.8 Å². The Kier molecular flexibility index (Phi) is 6.35. The Labute approximate surface area is 190 Å². The predicted octanol–water partition coefficient (Wildman–Crippen LogP) is 3.19. The van der Waals surface area contributed by atoms with Crippen molar-refractivity contribution in [3.05, 3.63) is 100 Å². The van der Waals surface area contributed by atoms with Crippen LogP contribution < -0.4 is 16.3 Å². The summed E-state index contributed by atoms with van der Waals surface area (Å²) in [5, 5.41) is 9.85. The van der Waals surface area contributed by atoms with Gasteiger partial charge in [-0.3, -0.25) is 9.59 Å². The number of nitrogens with zero attached hydrogens (tertiary/aromatic N) is 3. The normalized spacial score (nSPS) is 11.0. The molecule has 0 spiro atoms. The van der Waals surface area contributed by atoms with E-state index in [0.29, 0.717) is 29.4 Å². The Morgan fingerprint density at radius 1 is 1.00 bits per heavy atom. The van der Waals surface area contributed by atoms with Crippen LogP contribution in [0.5, 0.6) is 0 Å². The Bertz CT molecular complexity index is 1360. The molecule has 2 amide bonds. The minimum absolute atomic E-state index is 0.234. The molecule has 0 atom stereocenters. The first-order valence-corrected chi connectivity index (χ1v) is 10.7. The topological polar surface area (TPSA) is 97.5 Å². The van der Waals surface area contributed by atoms with Crippen molar-refractivity contribution in [2.24, 2.45) is 0 Å². The summed E-state index contributed by atoms with van der Waals surface area (Å²) in [5.41, 5.74) is 2.94. The van der Waals surface area contributed by atoms with E-state index in [-0.39, 0.29) is 18.4 Å². The highest BCUT2D eigenvalue weighted by atomic mass is 16.2. The molecule has 0 saturated heterocycles. The molecule has 0 fully saturated rings. The maximum Gasteiger partial charge on any atom is 0.350 e.